The number of carbonyl (C=O) groups is 1. The lowest BCUT2D eigenvalue weighted by Crippen LogP contribution is -2.40. The Balaban J connectivity index is 1.98. The van der Waals surface area contributed by atoms with Gasteiger partial charge in [-0.3, -0.25) is 9.69 Å². The van der Waals surface area contributed by atoms with Crippen LogP contribution in [0.5, 0.6) is 0 Å². The summed E-state index contributed by atoms with van der Waals surface area (Å²) in [5, 5.41) is 9.01. The van der Waals surface area contributed by atoms with Crippen LogP contribution in [-0.4, -0.2) is 53.6 Å². The van der Waals surface area contributed by atoms with Crippen molar-refractivity contribution in [3.05, 3.63) is 35.9 Å². The summed E-state index contributed by atoms with van der Waals surface area (Å²) in [7, 11) is 2.03. The minimum Gasteiger partial charge on any atom is -0.481 e. The second-order valence-electron chi connectivity index (χ2n) is 5.31. The Morgan fingerprint density at radius 3 is 2.74 bits per heavy atom. The highest BCUT2D eigenvalue weighted by Crippen LogP contribution is 2.14. The fourth-order valence-corrected chi connectivity index (χ4v) is 2.66. The van der Waals surface area contributed by atoms with Crippen molar-refractivity contribution >= 4 is 5.97 Å². The molecule has 104 valence electrons. The van der Waals surface area contributed by atoms with Crippen LogP contribution in [0.25, 0.3) is 0 Å². The van der Waals surface area contributed by atoms with Crippen molar-refractivity contribution in [1.82, 2.24) is 9.80 Å². The first kappa shape index (κ1) is 14.0. The first-order chi connectivity index (χ1) is 9.15. The third-order valence-electron chi connectivity index (χ3n) is 3.74. The summed E-state index contributed by atoms with van der Waals surface area (Å²) in [6, 6.07) is 10.5. The average molecular weight is 262 g/mol. The van der Waals surface area contributed by atoms with Crippen LogP contribution in [0, 0.1) is 0 Å². The van der Waals surface area contributed by atoms with Gasteiger partial charge in [0.15, 0.2) is 0 Å². The molecule has 2 rings (SSSR count). The van der Waals surface area contributed by atoms with Gasteiger partial charge in [-0.15, -0.1) is 0 Å². The molecule has 0 spiro atoms. The number of carboxylic acid groups (broad SMARTS) is 1. The van der Waals surface area contributed by atoms with E-state index < -0.39 is 5.97 Å². The van der Waals surface area contributed by atoms with E-state index in [1.807, 2.05) is 25.2 Å². The molecule has 1 heterocycles. The second-order valence-corrected chi connectivity index (χ2v) is 5.31. The number of likely N-dealkylation sites (N-methyl/N-ethyl adjacent to an activating group) is 1. The van der Waals surface area contributed by atoms with Gasteiger partial charge in [0, 0.05) is 19.1 Å². The number of carboxylic acids is 1. The largest absolute Gasteiger partial charge is 0.481 e. The molecule has 0 aromatic heterocycles. The maximum atomic E-state index is 10.9. The zero-order valence-electron chi connectivity index (χ0n) is 11.5. The number of hydrogen-bond acceptors (Lipinski definition) is 3. The first-order valence-corrected chi connectivity index (χ1v) is 6.83. The number of benzene rings is 1. The first-order valence-electron chi connectivity index (χ1n) is 6.83. The number of aliphatic carboxylic acids is 1. The smallest absolute Gasteiger partial charge is 0.304 e. The van der Waals surface area contributed by atoms with Gasteiger partial charge in [0.05, 0.1) is 6.42 Å². The summed E-state index contributed by atoms with van der Waals surface area (Å²) in [5.74, 6) is -0.710. The van der Waals surface area contributed by atoms with Crippen molar-refractivity contribution in [3.63, 3.8) is 0 Å². The van der Waals surface area contributed by atoms with E-state index in [4.69, 9.17) is 5.11 Å². The van der Waals surface area contributed by atoms with Crippen LogP contribution in [-0.2, 0) is 11.3 Å². The quantitative estimate of drug-likeness (QED) is 0.896. The Hall–Kier alpha value is -1.39. The van der Waals surface area contributed by atoms with E-state index in [1.54, 1.807) is 0 Å². The Morgan fingerprint density at radius 1 is 1.32 bits per heavy atom. The minimum atomic E-state index is -0.710. The van der Waals surface area contributed by atoms with E-state index >= 15 is 0 Å². The van der Waals surface area contributed by atoms with Gasteiger partial charge in [-0.1, -0.05) is 30.3 Å². The molecule has 1 saturated heterocycles. The van der Waals surface area contributed by atoms with Crippen LogP contribution < -0.4 is 0 Å². The lowest BCUT2D eigenvalue weighted by Gasteiger charge is -2.27. The van der Waals surface area contributed by atoms with Crippen molar-refractivity contribution in [2.24, 2.45) is 0 Å². The topological polar surface area (TPSA) is 43.8 Å². The van der Waals surface area contributed by atoms with E-state index in [9.17, 15) is 4.79 Å². The molecular formula is C15H22N2O2. The summed E-state index contributed by atoms with van der Waals surface area (Å²) in [5.41, 5.74) is 1.29. The average Bonchev–Trinajstić information content (AvgIpc) is 2.53. The molecular weight excluding hydrogens is 240 g/mol. The molecule has 1 unspecified atom stereocenters. The Morgan fingerprint density at radius 2 is 2.05 bits per heavy atom. The maximum absolute atomic E-state index is 10.9. The summed E-state index contributed by atoms with van der Waals surface area (Å²) < 4.78 is 0. The van der Waals surface area contributed by atoms with E-state index in [0.29, 0.717) is 0 Å². The van der Waals surface area contributed by atoms with Crippen molar-refractivity contribution in [2.45, 2.75) is 25.4 Å². The molecule has 19 heavy (non-hydrogen) atoms. The fourth-order valence-electron chi connectivity index (χ4n) is 2.66. The van der Waals surface area contributed by atoms with Gasteiger partial charge in [-0.2, -0.15) is 0 Å². The number of hydrogen-bond donors (Lipinski definition) is 1. The zero-order chi connectivity index (χ0) is 13.7. The highest BCUT2D eigenvalue weighted by Gasteiger charge is 2.24. The third-order valence-corrected chi connectivity index (χ3v) is 3.74. The molecule has 1 fully saturated rings. The summed E-state index contributed by atoms with van der Waals surface area (Å²) in [6.07, 6.45) is 1.32. The predicted octanol–water partition coefficient (Wildman–Crippen LogP) is 1.67. The molecule has 0 aliphatic carbocycles. The lowest BCUT2D eigenvalue weighted by molar-refractivity contribution is -0.138. The number of rotatable bonds is 4. The fraction of sp³-hybridized carbons (Fsp3) is 0.533. The molecule has 0 amide bonds. The predicted molar refractivity (Wildman–Crippen MR) is 75.0 cm³/mol. The maximum Gasteiger partial charge on any atom is 0.304 e. The Bertz CT molecular complexity index is 408. The van der Waals surface area contributed by atoms with Gasteiger partial charge in [0.2, 0.25) is 0 Å². The standard InChI is InChI=1S/C15H22N2O2/c1-16-8-5-9-17(12-14(16)10-15(18)19)11-13-6-3-2-4-7-13/h2-4,6-7,14H,5,8-12H2,1H3,(H,18,19). The van der Waals surface area contributed by atoms with Gasteiger partial charge in [-0.05, 0) is 32.1 Å². The van der Waals surface area contributed by atoms with Crippen molar-refractivity contribution < 1.29 is 9.90 Å². The Kier molecular flexibility index (Phi) is 4.93. The summed E-state index contributed by atoms with van der Waals surface area (Å²) in [6.45, 7) is 3.75. The van der Waals surface area contributed by atoms with Gasteiger partial charge in [0.25, 0.3) is 0 Å². The van der Waals surface area contributed by atoms with E-state index in [1.165, 1.54) is 5.56 Å². The van der Waals surface area contributed by atoms with Crippen molar-refractivity contribution in [1.29, 1.82) is 0 Å². The van der Waals surface area contributed by atoms with Gasteiger partial charge < -0.3 is 10.0 Å². The van der Waals surface area contributed by atoms with Crippen LogP contribution in [0.2, 0.25) is 0 Å². The molecule has 1 N–H and O–H groups in total. The summed E-state index contributed by atoms with van der Waals surface area (Å²) in [4.78, 5) is 15.5. The zero-order valence-corrected chi connectivity index (χ0v) is 11.5. The molecule has 4 nitrogen and oxygen atoms in total. The molecule has 1 aromatic rings. The third kappa shape index (κ3) is 4.33. The van der Waals surface area contributed by atoms with E-state index in [2.05, 4.69) is 21.9 Å². The molecule has 0 radical (unpaired) electrons. The van der Waals surface area contributed by atoms with Crippen molar-refractivity contribution in [3.8, 4) is 0 Å². The molecule has 1 aliphatic heterocycles. The van der Waals surface area contributed by atoms with E-state index in [0.717, 1.165) is 32.6 Å². The van der Waals surface area contributed by atoms with Crippen LogP contribution in [0.3, 0.4) is 0 Å². The molecule has 0 saturated carbocycles. The van der Waals surface area contributed by atoms with Gasteiger partial charge >= 0.3 is 5.97 Å². The number of nitrogens with zero attached hydrogens (tertiary/aromatic N) is 2. The minimum absolute atomic E-state index is 0.115. The van der Waals surface area contributed by atoms with Gasteiger partial charge in [-0.25, -0.2) is 0 Å². The molecule has 1 aromatic carbocycles. The van der Waals surface area contributed by atoms with Crippen molar-refractivity contribution in [2.75, 3.05) is 26.7 Å². The normalized spacial score (nSPS) is 22.1. The summed E-state index contributed by atoms with van der Waals surface area (Å²) >= 11 is 0. The second kappa shape index (κ2) is 6.68. The molecule has 1 aliphatic rings. The highest BCUT2D eigenvalue weighted by molar-refractivity contribution is 5.67. The van der Waals surface area contributed by atoms with Crippen LogP contribution in [0.1, 0.15) is 18.4 Å². The van der Waals surface area contributed by atoms with Crippen LogP contribution in [0.15, 0.2) is 30.3 Å². The van der Waals surface area contributed by atoms with Gasteiger partial charge in [0.1, 0.15) is 0 Å². The highest BCUT2D eigenvalue weighted by atomic mass is 16.4. The van der Waals surface area contributed by atoms with E-state index in [-0.39, 0.29) is 12.5 Å². The van der Waals surface area contributed by atoms with Crippen LogP contribution in [0.4, 0.5) is 0 Å². The Labute approximate surface area is 114 Å². The lowest BCUT2D eigenvalue weighted by atomic mass is 10.1. The molecule has 4 heteroatoms. The SMILES string of the molecule is CN1CCCN(Cc2ccccc2)CC1CC(=O)O. The molecule has 1 atom stereocenters. The van der Waals surface area contributed by atoms with Crippen LogP contribution >= 0.6 is 0 Å². The monoisotopic (exact) mass is 262 g/mol. The molecule has 0 bridgehead atoms.